The van der Waals surface area contributed by atoms with Gasteiger partial charge in [0.15, 0.2) is 0 Å². The average molecular weight is 302 g/mol. The van der Waals surface area contributed by atoms with Gasteiger partial charge in [0, 0.05) is 44.8 Å². The summed E-state index contributed by atoms with van der Waals surface area (Å²) in [6, 6.07) is 0.110. The molecular formula is C15H22N6O. The molecular weight excluding hydrogens is 280 g/mol. The summed E-state index contributed by atoms with van der Waals surface area (Å²) in [5.74, 6) is 0.952. The number of carbonyl (C=O) groups is 1. The van der Waals surface area contributed by atoms with Crippen molar-refractivity contribution in [2.45, 2.75) is 25.9 Å². The van der Waals surface area contributed by atoms with Gasteiger partial charge in [0.05, 0.1) is 17.8 Å². The molecule has 7 nitrogen and oxygen atoms in total. The van der Waals surface area contributed by atoms with Crippen LogP contribution < -0.4 is 0 Å². The summed E-state index contributed by atoms with van der Waals surface area (Å²) in [6.45, 7) is 5.14. The number of nitrogens with one attached hydrogen (secondary N) is 1. The summed E-state index contributed by atoms with van der Waals surface area (Å²) in [5.41, 5.74) is 0.663. The monoisotopic (exact) mass is 302 g/mol. The van der Waals surface area contributed by atoms with Crippen molar-refractivity contribution in [2.75, 3.05) is 26.7 Å². The maximum absolute atomic E-state index is 12.7. The molecule has 0 radical (unpaired) electrons. The Balaban J connectivity index is 1.72. The third-order valence-corrected chi connectivity index (χ3v) is 4.10. The van der Waals surface area contributed by atoms with E-state index in [2.05, 4.69) is 33.9 Å². The van der Waals surface area contributed by atoms with Crippen LogP contribution in [0.3, 0.4) is 0 Å². The first-order valence-electron chi connectivity index (χ1n) is 7.70. The van der Waals surface area contributed by atoms with E-state index in [0.29, 0.717) is 12.1 Å². The molecule has 0 spiro atoms. The topological polar surface area (TPSA) is 70.1 Å². The molecule has 1 saturated heterocycles. The Bertz CT molecular complexity index is 620. The third-order valence-electron chi connectivity index (χ3n) is 4.10. The van der Waals surface area contributed by atoms with E-state index >= 15 is 0 Å². The predicted octanol–water partition coefficient (Wildman–Crippen LogP) is 1.15. The Morgan fingerprint density at radius 2 is 2.32 bits per heavy atom. The standard InChI is InChI=1S/C15H22N6O/c1-3-6-21-10-12(9-18-21)15(22)20-8-7-19(2)13(11-20)14-16-4-5-17-14/h4-5,9-10,13H,3,6-8,11H2,1-2H3,(H,16,17)/t13-/m1/s1. The van der Waals surface area contributed by atoms with E-state index in [9.17, 15) is 4.79 Å². The van der Waals surface area contributed by atoms with Gasteiger partial charge in [-0.1, -0.05) is 6.92 Å². The van der Waals surface area contributed by atoms with Crippen molar-refractivity contribution in [1.82, 2.24) is 29.5 Å². The van der Waals surface area contributed by atoms with Crippen LogP contribution in [0.1, 0.15) is 35.6 Å². The molecule has 0 aliphatic carbocycles. The van der Waals surface area contributed by atoms with Crippen LogP contribution in [-0.2, 0) is 6.54 Å². The fourth-order valence-corrected chi connectivity index (χ4v) is 2.82. The molecule has 3 rings (SSSR count). The van der Waals surface area contributed by atoms with Crippen molar-refractivity contribution in [3.8, 4) is 0 Å². The molecule has 0 aromatic carbocycles. The number of H-pyrrole nitrogens is 1. The third kappa shape index (κ3) is 2.89. The fraction of sp³-hybridized carbons (Fsp3) is 0.533. The Hall–Kier alpha value is -2.15. The number of aryl methyl sites for hydroxylation is 1. The molecule has 3 heterocycles. The van der Waals surface area contributed by atoms with Gasteiger partial charge in [-0.3, -0.25) is 14.4 Å². The van der Waals surface area contributed by atoms with Gasteiger partial charge in [0.1, 0.15) is 5.82 Å². The van der Waals surface area contributed by atoms with Crippen LogP contribution in [0.4, 0.5) is 0 Å². The van der Waals surface area contributed by atoms with Gasteiger partial charge < -0.3 is 9.88 Å². The maximum Gasteiger partial charge on any atom is 0.257 e. The predicted molar refractivity (Wildman–Crippen MR) is 82.4 cm³/mol. The minimum atomic E-state index is 0.0482. The molecule has 118 valence electrons. The SMILES string of the molecule is CCCn1cc(C(=O)N2CCN(C)[C@@H](c3ncc[nH]3)C2)cn1. The lowest BCUT2D eigenvalue weighted by Crippen LogP contribution is -2.49. The molecule has 2 aromatic heterocycles. The largest absolute Gasteiger partial charge is 0.347 e. The molecule has 1 atom stereocenters. The lowest BCUT2D eigenvalue weighted by molar-refractivity contribution is 0.0534. The Morgan fingerprint density at radius 3 is 3.05 bits per heavy atom. The van der Waals surface area contributed by atoms with Gasteiger partial charge in [-0.05, 0) is 13.5 Å². The number of aromatic amines is 1. The van der Waals surface area contributed by atoms with Crippen LogP contribution in [0, 0.1) is 0 Å². The summed E-state index contributed by atoms with van der Waals surface area (Å²) >= 11 is 0. The second-order valence-electron chi connectivity index (χ2n) is 5.71. The quantitative estimate of drug-likeness (QED) is 0.919. The number of amides is 1. The molecule has 7 heteroatoms. The highest BCUT2D eigenvalue weighted by Crippen LogP contribution is 2.22. The zero-order valence-electron chi connectivity index (χ0n) is 13.1. The summed E-state index contributed by atoms with van der Waals surface area (Å²) in [4.78, 5) is 24.3. The number of carbonyl (C=O) groups excluding carboxylic acids is 1. The number of hydrogen-bond acceptors (Lipinski definition) is 4. The fourth-order valence-electron chi connectivity index (χ4n) is 2.82. The second kappa shape index (κ2) is 6.31. The van der Waals surface area contributed by atoms with E-state index in [0.717, 1.165) is 31.9 Å². The van der Waals surface area contributed by atoms with Crippen molar-refractivity contribution >= 4 is 5.91 Å². The normalized spacial score (nSPS) is 19.5. The first kappa shape index (κ1) is 14.8. The van der Waals surface area contributed by atoms with Crippen molar-refractivity contribution in [2.24, 2.45) is 0 Å². The van der Waals surface area contributed by atoms with Gasteiger partial charge in [-0.25, -0.2) is 4.98 Å². The molecule has 1 amide bonds. The molecule has 0 bridgehead atoms. The summed E-state index contributed by atoms with van der Waals surface area (Å²) in [6.07, 6.45) is 8.08. The van der Waals surface area contributed by atoms with Crippen LogP contribution in [-0.4, -0.2) is 62.1 Å². The number of imidazole rings is 1. The van der Waals surface area contributed by atoms with Gasteiger partial charge in [0.2, 0.25) is 0 Å². The van der Waals surface area contributed by atoms with E-state index in [1.165, 1.54) is 0 Å². The number of likely N-dealkylation sites (N-methyl/N-ethyl adjacent to an activating group) is 1. The van der Waals surface area contributed by atoms with Crippen molar-refractivity contribution < 1.29 is 4.79 Å². The van der Waals surface area contributed by atoms with Crippen LogP contribution in [0.25, 0.3) is 0 Å². The number of piperazine rings is 1. The molecule has 1 N–H and O–H groups in total. The van der Waals surface area contributed by atoms with E-state index in [1.807, 2.05) is 22.0 Å². The van der Waals surface area contributed by atoms with Crippen LogP contribution in [0.15, 0.2) is 24.8 Å². The van der Waals surface area contributed by atoms with E-state index in [1.54, 1.807) is 12.4 Å². The van der Waals surface area contributed by atoms with Crippen LogP contribution in [0.5, 0.6) is 0 Å². The minimum Gasteiger partial charge on any atom is -0.347 e. The summed E-state index contributed by atoms with van der Waals surface area (Å²) < 4.78 is 1.83. The Morgan fingerprint density at radius 1 is 1.45 bits per heavy atom. The number of aromatic nitrogens is 4. The zero-order valence-corrected chi connectivity index (χ0v) is 13.1. The second-order valence-corrected chi connectivity index (χ2v) is 5.71. The highest BCUT2D eigenvalue weighted by Gasteiger charge is 2.30. The van der Waals surface area contributed by atoms with Crippen molar-refractivity contribution in [3.63, 3.8) is 0 Å². The molecule has 22 heavy (non-hydrogen) atoms. The van der Waals surface area contributed by atoms with E-state index in [4.69, 9.17) is 0 Å². The van der Waals surface area contributed by atoms with Gasteiger partial charge >= 0.3 is 0 Å². The Kier molecular flexibility index (Phi) is 4.24. The highest BCUT2D eigenvalue weighted by molar-refractivity contribution is 5.93. The van der Waals surface area contributed by atoms with Crippen molar-refractivity contribution in [1.29, 1.82) is 0 Å². The lowest BCUT2D eigenvalue weighted by Gasteiger charge is -2.38. The Labute approximate surface area is 129 Å². The van der Waals surface area contributed by atoms with Crippen LogP contribution in [0.2, 0.25) is 0 Å². The summed E-state index contributed by atoms with van der Waals surface area (Å²) in [5, 5.41) is 4.25. The molecule has 1 aliphatic rings. The average Bonchev–Trinajstić information content (AvgIpc) is 3.19. The lowest BCUT2D eigenvalue weighted by atomic mass is 10.1. The molecule has 2 aromatic rings. The molecule has 0 saturated carbocycles. The van der Waals surface area contributed by atoms with Crippen molar-refractivity contribution in [3.05, 3.63) is 36.2 Å². The number of rotatable bonds is 4. The van der Waals surface area contributed by atoms with Gasteiger partial charge in [-0.2, -0.15) is 5.10 Å². The first-order valence-corrected chi connectivity index (χ1v) is 7.70. The van der Waals surface area contributed by atoms with E-state index < -0.39 is 0 Å². The zero-order chi connectivity index (χ0) is 15.5. The molecule has 1 fully saturated rings. The van der Waals surface area contributed by atoms with Gasteiger partial charge in [0.25, 0.3) is 5.91 Å². The number of nitrogens with zero attached hydrogens (tertiary/aromatic N) is 5. The van der Waals surface area contributed by atoms with Gasteiger partial charge in [-0.15, -0.1) is 0 Å². The number of hydrogen-bond donors (Lipinski definition) is 1. The summed E-state index contributed by atoms with van der Waals surface area (Å²) in [7, 11) is 2.06. The molecule has 0 unspecified atom stereocenters. The maximum atomic E-state index is 12.7. The molecule has 1 aliphatic heterocycles. The smallest absolute Gasteiger partial charge is 0.257 e. The van der Waals surface area contributed by atoms with Crippen LogP contribution >= 0.6 is 0 Å². The first-order chi connectivity index (χ1) is 10.7. The minimum absolute atomic E-state index is 0.0482. The van der Waals surface area contributed by atoms with E-state index in [-0.39, 0.29) is 11.9 Å². The highest BCUT2D eigenvalue weighted by atomic mass is 16.2.